The molecule has 0 unspecified atom stereocenters. The summed E-state index contributed by atoms with van der Waals surface area (Å²) >= 11 is 0. The molecule has 0 spiro atoms. The van der Waals surface area contributed by atoms with Crippen LogP contribution < -0.4 is 0 Å². The highest BCUT2D eigenvalue weighted by Gasteiger charge is 2.29. The van der Waals surface area contributed by atoms with E-state index in [2.05, 4.69) is 20.6 Å². The molecule has 0 saturated heterocycles. The maximum absolute atomic E-state index is 12.3. The maximum atomic E-state index is 12.3. The lowest BCUT2D eigenvalue weighted by molar-refractivity contribution is 0.168. The van der Waals surface area contributed by atoms with Crippen molar-refractivity contribution in [3.05, 3.63) is 60.7 Å². The number of methoxy groups -OCH3 is 2. The Balaban J connectivity index is 2.01. The molecule has 150 valence electrons. The average Bonchev–Trinajstić information content (AvgIpc) is 3.43. The Morgan fingerprint density at radius 1 is 0.667 bits per heavy atom. The normalized spacial score (nSPS) is 10.6. The molecule has 0 amide bonds. The summed E-state index contributed by atoms with van der Waals surface area (Å²) in [5.74, 6) is 0. The van der Waals surface area contributed by atoms with Crippen LogP contribution in [0.15, 0.2) is 60.7 Å². The van der Waals surface area contributed by atoms with E-state index in [9.17, 15) is 9.59 Å². The topological polar surface area (TPSA) is 114 Å². The molecule has 2 aromatic carbocycles. The number of hydrogen-bond donors (Lipinski definition) is 0. The minimum Gasteiger partial charge on any atom is -0.451 e. The second-order valence-electron chi connectivity index (χ2n) is 6.07. The Bertz CT molecular complexity index is 1110. The summed E-state index contributed by atoms with van der Waals surface area (Å²) in [4.78, 5) is 24.6. The smallest absolute Gasteiger partial charge is 0.436 e. The van der Waals surface area contributed by atoms with Gasteiger partial charge in [-0.1, -0.05) is 71.1 Å². The largest absolute Gasteiger partial charge is 0.451 e. The molecule has 0 fully saturated rings. The Morgan fingerprint density at radius 2 is 1.03 bits per heavy atom. The van der Waals surface area contributed by atoms with Crippen molar-refractivity contribution >= 4 is 12.2 Å². The van der Waals surface area contributed by atoms with Crippen molar-refractivity contribution in [3.8, 4) is 33.9 Å². The van der Waals surface area contributed by atoms with Crippen LogP contribution in [0.4, 0.5) is 9.59 Å². The zero-order valence-corrected chi connectivity index (χ0v) is 16.1. The molecular weight excluding hydrogens is 388 g/mol. The summed E-state index contributed by atoms with van der Waals surface area (Å²) in [6.07, 6.45) is -1.43. The van der Waals surface area contributed by atoms with Crippen molar-refractivity contribution in [3.63, 3.8) is 0 Å². The molecule has 2 heterocycles. The van der Waals surface area contributed by atoms with E-state index in [0.717, 1.165) is 9.36 Å². The number of benzene rings is 2. The first kappa shape index (κ1) is 19.0. The van der Waals surface area contributed by atoms with Gasteiger partial charge in [-0.05, 0) is 0 Å². The van der Waals surface area contributed by atoms with Crippen LogP contribution in [0.1, 0.15) is 0 Å². The molecule has 10 nitrogen and oxygen atoms in total. The Kier molecular flexibility index (Phi) is 5.04. The van der Waals surface area contributed by atoms with Crippen LogP contribution >= 0.6 is 0 Å². The van der Waals surface area contributed by atoms with E-state index in [1.54, 1.807) is 24.3 Å². The second kappa shape index (κ2) is 7.95. The predicted molar refractivity (Wildman–Crippen MR) is 106 cm³/mol. The zero-order valence-electron chi connectivity index (χ0n) is 16.1. The number of nitrogens with zero attached hydrogens (tertiary/aromatic N) is 6. The lowest BCUT2D eigenvalue weighted by atomic mass is 10.0. The van der Waals surface area contributed by atoms with Gasteiger partial charge in [-0.25, -0.2) is 9.59 Å². The van der Waals surface area contributed by atoms with Gasteiger partial charge in [0.25, 0.3) is 0 Å². The first-order valence-corrected chi connectivity index (χ1v) is 8.85. The van der Waals surface area contributed by atoms with Gasteiger partial charge in [-0.15, -0.1) is 19.6 Å². The fourth-order valence-electron chi connectivity index (χ4n) is 3.02. The summed E-state index contributed by atoms with van der Waals surface area (Å²) in [7, 11) is 2.50. The molecule has 0 radical (unpaired) electrons. The number of aromatic nitrogens is 6. The standard InChI is InChI=1S/C20H16N6O4/c1-29-19(27)25-17(13-9-5-3-6-10-13)15(21-23-25)16-18(14-11-7-4-8-12-14)26(24-22-16)20(28)30-2/h3-12H,1-2H3. The molecule has 4 aromatic rings. The molecule has 2 aromatic heterocycles. The van der Waals surface area contributed by atoms with Gasteiger partial charge in [0.2, 0.25) is 0 Å². The maximum Gasteiger partial charge on any atom is 0.436 e. The summed E-state index contributed by atoms with van der Waals surface area (Å²) in [5, 5.41) is 16.2. The lowest BCUT2D eigenvalue weighted by Crippen LogP contribution is -2.15. The van der Waals surface area contributed by atoms with E-state index in [1.807, 2.05) is 36.4 Å². The van der Waals surface area contributed by atoms with Gasteiger partial charge < -0.3 is 9.47 Å². The lowest BCUT2D eigenvalue weighted by Gasteiger charge is -2.08. The Morgan fingerprint density at radius 3 is 1.37 bits per heavy atom. The first-order valence-electron chi connectivity index (χ1n) is 8.85. The molecule has 0 aliphatic heterocycles. The highest BCUT2D eigenvalue weighted by atomic mass is 16.5. The molecule has 0 saturated carbocycles. The van der Waals surface area contributed by atoms with Crippen molar-refractivity contribution in [2.45, 2.75) is 0 Å². The predicted octanol–water partition coefficient (Wildman–Crippen LogP) is 3.10. The van der Waals surface area contributed by atoms with Gasteiger partial charge in [0.15, 0.2) is 0 Å². The molecule has 0 bridgehead atoms. The van der Waals surface area contributed by atoms with Crippen LogP contribution in [0.25, 0.3) is 33.9 Å². The van der Waals surface area contributed by atoms with Crippen LogP contribution in [-0.2, 0) is 9.47 Å². The van der Waals surface area contributed by atoms with Gasteiger partial charge in [-0.3, -0.25) is 0 Å². The van der Waals surface area contributed by atoms with Gasteiger partial charge in [0.1, 0.15) is 22.8 Å². The molecular formula is C20H16N6O4. The molecule has 10 heteroatoms. The van der Waals surface area contributed by atoms with E-state index in [4.69, 9.17) is 9.47 Å². The molecule has 0 aliphatic carbocycles. The number of rotatable bonds is 3. The van der Waals surface area contributed by atoms with Gasteiger partial charge in [0, 0.05) is 11.1 Å². The minimum atomic E-state index is -0.714. The molecule has 0 N–H and O–H groups in total. The Hall–Kier alpha value is -4.34. The van der Waals surface area contributed by atoms with Crippen LogP contribution in [0.5, 0.6) is 0 Å². The van der Waals surface area contributed by atoms with Crippen molar-refractivity contribution in [2.24, 2.45) is 0 Å². The van der Waals surface area contributed by atoms with Crippen LogP contribution in [0, 0.1) is 0 Å². The van der Waals surface area contributed by atoms with Gasteiger partial charge >= 0.3 is 12.2 Å². The van der Waals surface area contributed by atoms with E-state index in [0.29, 0.717) is 22.5 Å². The zero-order chi connectivity index (χ0) is 21.1. The third kappa shape index (κ3) is 3.20. The first-order chi connectivity index (χ1) is 14.7. The SMILES string of the molecule is COC(=O)n1nnc(-c2nnn(C(=O)OC)c2-c2ccccc2)c1-c1ccccc1. The number of ether oxygens (including phenoxy) is 2. The fourth-order valence-corrected chi connectivity index (χ4v) is 3.02. The van der Waals surface area contributed by atoms with E-state index < -0.39 is 12.2 Å². The highest BCUT2D eigenvalue weighted by Crippen LogP contribution is 2.35. The quantitative estimate of drug-likeness (QED) is 0.512. The number of hydrogen-bond acceptors (Lipinski definition) is 8. The molecule has 0 aliphatic rings. The van der Waals surface area contributed by atoms with E-state index in [-0.39, 0.29) is 11.4 Å². The van der Waals surface area contributed by atoms with Crippen LogP contribution in [0.3, 0.4) is 0 Å². The molecule has 0 atom stereocenters. The fraction of sp³-hybridized carbons (Fsp3) is 0.100. The van der Waals surface area contributed by atoms with E-state index in [1.165, 1.54) is 14.2 Å². The number of carbonyl (C=O) groups is 2. The summed E-state index contributed by atoms with van der Waals surface area (Å²) in [6, 6.07) is 18.2. The average molecular weight is 404 g/mol. The second-order valence-corrected chi connectivity index (χ2v) is 6.07. The van der Waals surface area contributed by atoms with Crippen molar-refractivity contribution in [1.29, 1.82) is 0 Å². The molecule has 30 heavy (non-hydrogen) atoms. The van der Waals surface area contributed by atoms with E-state index >= 15 is 0 Å². The summed E-state index contributed by atoms with van der Waals surface area (Å²) in [6.45, 7) is 0. The van der Waals surface area contributed by atoms with Crippen molar-refractivity contribution < 1.29 is 19.1 Å². The summed E-state index contributed by atoms with van der Waals surface area (Å²) in [5.41, 5.74) is 2.57. The third-order valence-electron chi connectivity index (χ3n) is 4.35. The van der Waals surface area contributed by atoms with Crippen molar-refractivity contribution in [1.82, 2.24) is 30.0 Å². The summed E-state index contributed by atoms with van der Waals surface area (Å²) < 4.78 is 11.7. The third-order valence-corrected chi connectivity index (χ3v) is 4.35. The van der Waals surface area contributed by atoms with Crippen LogP contribution in [0.2, 0.25) is 0 Å². The Labute approximate surface area is 170 Å². The van der Waals surface area contributed by atoms with Gasteiger partial charge in [-0.2, -0.15) is 0 Å². The minimum absolute atomic E-state index is 0.264. The highest BCUT2D eigenvalue weighted by molar-refractivity contribution is 5.90. The monoisotopic (exact) mass is 404 g/mol. The van der Waals surface area contributed by atoms with Gasteiger partial charge in [0.05, 0.1) is 14.2 Å². The molecule has 4 rings (SSSR count). The van der Waals surface area contributed by atoms with Crippen molar-refractivity contribution in [2.75, 3.05) is 14.2 Å². The number of carbonyl (C=O) groups excluding carboxylic acids is 2. The van der Waals surface area contributed by atoms with Crippen LogP contribution in [-0.4, -0.2) is 56.4 Å².